The van der Waals surface area contributed by atoms with Crippen LogP contribution in [0.25, 0.3) is 0 Å². The molecule has 1 rings (SSSR count). The van der Waals surface area contributed by atoms with Crippen molar-refractivity contribution in [2.24, 2.45) is 0 Å². The molecule has 14 heavy (non-hydrogen) atoms. The van der Waals surface area contributed by atoms with Crippen LogP contribution in [0.15, 0.2) is 0 Å². The Labute approximate surface area is 84.8 Å². The highest BCUT2D eigenvalue weighted by Crippen LogP contribution is 2.00. The predicted molar refractivity (Wildman–Crippen MR) is 52.8 cm³/mol. The SMILES string of the molecule is CN1CCN(C)C1=O.COCCC#N. The summed E-state index contributed by atoms with van der Waals surface area (Å²) in [4.78, 5) is 14.2. The van der Waals surface area contributed by atoms with Gasteiger partial charge in [0.2, 0.25) is 0 Å². The molecular weight excluding hydrogens is 182 g/mol. The lowest BCUT2D eigenvalue weighted by molar-refractivity contribution is 0.205. The second-order valence-electron chi connectivity index (χ2n) is 3.03. The summed E-state index contributed by atoms with van der Waals surface area (Å²) in [6.45, 7) is 2.29. The number of methoxy groups -OCH3 is 1. The van der Waals surface area contributed by atoms with Crippen molar-refractivity contribution < 1.29 is 9.53 Å². The Hall–Kier alpha value is -1.28. The molecule has 0 radical (unpaired) electrons. The van der Waals surface area contributed by atoms with E-state index in [0.717, 1.165) is 13.1 Å². The van der Waals surface area contributed by atoms with Crippen LogP contribution in [-0.4, -0.2) is 56.7 Å². The summed E-state index contributed by atoms with van der Waals surface area (Å²) in [7, 11) is 5.20. The van der Waals surface area contributed by atoms with E-state index in [9.17, 15) is 4.79 Å². The summed E-state index contributed by atoms with van der Waals surface area (Å²) >= 11 is 0. The number of nitrogens with zero attached hydrogens (tertiary/aromatic N) is 3. The van der Waals surface area contributed by atoms with Crippen molar-refractivity contribution in [1.29, 1.82) is 5.26 Å². The molecule has 0 aromatic rings. The monoisotopic (exact) mass is 199 g/mol. The van der Waals surface area contributed by atoms with Gasteiger partial charge < -0.3 is 14.5 Å². The molecule has 0 atom stereocenters. The van der Waals surface area contributed by atoms with Gasteiger partial charge in [0.15, 0.2) is 0 Å². The third-order valence-corrected chi connectivity index (χ3v) is 1.84. The third kappa shape index (κ3) is 4.67. The molecule has 0 unspecified atom stereocenters. The number of hydrogen-bond donors (Lipinski definition) is 0. The van der Waals surface area contributed by atoms with Crippen LogP contribution in [0.1, 0.15) is 6.42 Å². The zero-order chi connectivity index (χ0) is 11.0. The van der Waals surface area contributed by atoms with Crippen LogP contribution in [0.3, 0.4) is 0 Å². The zero-order valence-electron chi connectivity index (χ0n) is 8.99. The first-order valence-electron chi connectivity index (χ1n) is 4.45. The van der Waals surface area contributed by atoms with E-state index in [1.807, 2.05) is 20.2 Å². The standard InChI is InChI=1S/C5H10N2O.C4H7NO/c1-6-3-4-7(2)5(6)8;1-6-4-2-3-5/h3-4H2,1-2H3;2,4H2,1H3. The molecule has 1 aliphatic heterocycles. The molecule has 0 saturated carbocycles. The van der Waals surface area contributed by atoms with Gasteiger partial charge in [-0.1, -0.05) is 0 Å². The summed E-state index contributed by atoms with van der Waals surface area (Å²) in [5.74, 6) is 0. The van der Waals surface area contributed by atoms with Gasteiger partial charge in [0.05, 0.1) is 19.1 Å². The van der Waals surface area contributed by atoms with Crippen LogP contribution < -0.4 is 0 Å². The number of hydrogen-bond acceptors (Lipinski definition) is 3. The molecule has 1 fully saturated rings. The Balaban J connectivity index is 0.000000255. The lowest BCUT2D eigenvalue weighted by atomic mass is 10.5. The van der Waals surface area contributed by atoms with Crippen LogP contribution in [0.5, 0.6) is 0 Å². The first-order valence-corrected chi connectivity index (χ1v) is 4.45. The van der Waals surface area contributed by atoms with E-state index in [1.165, 1.54) is 0 Å². The predicted octanol–water partition coefficient (Wildman–Crippen LogP) is 0.530. The maximum atomic E-state index is 10.8. The van der Waals surface area contributed by atoms with Crippen LogP contribution in [0.2, 0.25) is 0 Å². The number of urea groups is 1. The molecule has 0 N–H and O–H groups in total. The van der Waals surface area contributed by atoms with E-state index in [-0.39, 0.29) is 6.03 Å². The molecule has 0 spiro atoms. The summed E-state index contributed by atoms with van der Waals surface area (Å²) in [6.07, 6.45) is 0.497. The van der Waals surface area contributed by atoms with Gasteiger partial charge >= 0.3 is 6.03 Å². The highest BCUT2D eigenvalue weighted by atomic mass is 16.5. The van der Waals surface area contributed by atoms with E-state index >= 15 is 0 Å². The van der Waals surface area contributed by atoms with E-state index in [1.54, 1.807) is 16.9 Å². The van der Waals surface area contributed by atoms with Crippen LogP contribution in [0.4, 0.5) is 4.79 Å². The van der Waals surface area contributed by atoms with Gasteiger partial charge in [0.1, 0.15) is 0 Å². The average molecular weight is 199 g/mol. The third-order valence-electron chi connectivity index (χ3n) is 1.84. The number of ether oxygens (including phenoxy) is 1. The second-order valence-corrected chi connectivity index (χ2v) is 3.03. The van der Waals surface area contributed by atoms with Crippen LogP contribution in [0, 0.1) is 11.3 Å². The maximum Gasteiger partial charge on any atom is 0.319 e. The normalized spacial score (nSPS) is 14.9. The molecule has 0 aromatic carbocycles. The Morgan fingerprint density at radius 3 is 2.07 bits per heavy atom. The Kier molecular flexibility index (Phi) is 6.50. The molecule has 1 aliphatic rings. The Morgan fingerprint density at radius 2 is 1.93 bits per heavy atom. The molecule has 0 bridgehead atoms. The molecule has 0 aromatic heterocycles. The lowest BCUT2D eigenvalue weighted by Gasteiger charge is -2.07. The van der Waals surface area contributed by atoms with Crippen molar-refractivity contribution >= 4 is 6.03 Å². The lowest BCUT2D eigenvalue weighted by Crippen LogP contribution is -2.25. The van der Waals surface area contributed by atoms with Gasteiger partial charge in [-0.05, 0) is 0 Å². The highest BCUT2D eigenvalue weighted by molar-refractivity contribution is 5.75. The van der Waals surface area contributed by atoms with Crippen molar-refractivity contribution in [3.63, 3.8) is 0 Å². The molecule has 5 heteroatoms. The summed E-state index contributed by atoms with van der Waals surface area (Å²) in [5.41, 5.74) is 0. The number of rotatable bonds is 2. The van der Waals surface area contributed by atoms with Crippen LogP contribution in [-0.2, 0) is 4.74 Å². The Morgan fingerprint density at radius 1 is 1.43 bits per heavy atom. The number of nitriles is 1. The minimum atomic E-state index is 0.130. The van der Waals surface area contributed by atoms with E-state index in [0.29, 0.717) is 13.0 Å². The number of likely N-dealkylation sites (N-methyl/N-ethyl adjacent to an activating group) is 2. The van der Waals surface area contributed by atoms with Gasteiger partial charge in [-0.3, -0.25) is 0 Å². The zero-order valence-corrected chi connectivity index (χ0v) is 8.99. The van der Waals surface area contributed by atoms with E-state index < -0.39 is 0 Å². The average Bonchev–Trinajstić information content (AvgIpc) is 2.47. The fraction of sp³-hybridized carbons (Fsp3) is 0.778. The van der Waals surface area contributed by atoms with Gasteiger partial charge in [-0.25, -0.2) is 4.79 Å². The summed E-state index contributed by atoms with van der Waals surface area (Å²) in [6, 6.07) is 2.07. The minimum absolute atomic E-state index is 0.130. The van der Waals surface area contributed by atoms with Crippen molar-refractivity contribution in [1.82, 2.24) is 9.80 Å². The second kappa shape index (κ2) is 7.15. The fourth-order valence-corrected chi connectivity index (χ4v) is 0.930. The summed E-state index contributed by atoms with van der Waals surface area (Å²) in [5, 5.41) is 7.87. The molecule has 1 saturated heterocycles. The quantitative estimate of drug-likeness (QED) is 0.609. The largest absolute Gasteiger partial charge is 0.384 e. The van der Waals surface area contributed by atoms with Crippen LogP contribution >= 0.6 is 0 Å². The number of amides is 2. The molecule has 5 nitrogen and oxygen atoms in total. The van der Waals surface area contributed by atoms with Crippen molar-refractivity contribution in [3.8, 4) is 6.07 Å². The molecular formula is C9H17N3O2. The first-order chi connectivity index (χ1) is 6.63. The first kappa shape index (κ1) is 12.7. The van der Waals surface area contributed by atoms with Gasteiger partial charge in [-0.15, -0.1) is 0 Å². The molecule has 1 heterocycles. The minimum Gasteiger partial charge on any atom is -0.384 e. The summed E-state index contributed by atoms with van der Waals surface area (Å²) < 4.78 is 4.56. The number of carbonyl (C=O) groups excluding carboxylic acids is 1. The van der Waals surface area contributed by atoms with Crippen molar-refractivity contribution in [2.45, 2.75) is 6.42 Å². The Bertz CT molecular complexity index is 201. The number of carbonyl (C=O) groups is 1. The maximum absolute atomic E-state index is 10.8. The van der Waals surface area contributed by atoms with Crippen molar-refractivity contribution in [3.05, 3.63) is 0 Å². The smallest absolute Gasteiger partial charge is 0.319 e. The van der Waals surface area contributed by atoms with Gasteiger partial charge in [-0.2, -0.15) is 5.26 Å². The van der Waals surface area contributed by atoms with E-state index in [4.69, 9.17) is 5.26 Å². The van der Waals surface area contributed by atoms with Crippen molar-refractivity contribution in [2.75, 3.05) is 40.9 Å². The van der Waals surface area contributed by atoms with Gasteiger partial charge in [0, 0.05) is 34.3 Å². The topological polar surface area (TPSA) is 56.6 Å². The van der Waals surface area contributed by atoms with Gasteiger partial charge in [0.25, 0.3) is 0 Å². The highest BCUT2D eigenvalue weighted by Gasteiger charge is 2.20. The molecule has 2 amide bonds. The van der Waals surface area contributed by atoms with E-state index in [2.05, 4.69) is 4.74 Å². The fourth-order valence-electron chi connectivity index (χ4n) is 0.930. The molecule has 80 valence electrons. The molecule has 0 aliphatic carbocycles.